The second kappa shape index (κ2) is 10.1. The predicted molar refractivity (Wildman–Crippen MR) is 139 cm³/mol. The molecule has 0 bridgehead atoms. The lowest BCUT2D eigenvalue weighted by Gasteiger charge is -2.28. The molecule has 0 fully saturated rings. The fourth-order valence-electron chi connectivity index (χ4n) is 5.08. The zero-order valence-corrected chi connectivity index (χ0v) is 21.3. The number of ether oxygens (including phenoxy) is 3. The number of rotatable bonds is 7. The maximum Gasteiger partial charge on any atom is 0.340 e. The van der Waals surface area contributed by atoms with E-state index in [4.69, 9.17) is 18.6 Å². The van der Waals surface area contributed by atoms with Crippen molar-refractivity contribution in [1.29, 1.82) is 0 Å². The number of benzene rings is 3. The van der Waals surface area contributed by atoms with Crippen LogP contribution in [0.15, 0.2) is 63.8 Å². The van der Waals surface area contributed by atoms with Gasteiger partial charge in [0.1, 0.15) is 17.9 Å². The second-order valence-electron chi connectivity index (χ2n) is 9.43. The molecule has 1 aromatic heterocycles. The summed E-state index contributed by atoms with van der Waals surface area (Å²) in [6.45, 7) is 6.35. The molecular weight excluding hydrogens is 454 g/mol. The molecule has 1 aliphatic rings. The van der Waals surface area contributed by atoms with Gasteiger partial charge in [-0.2, -0.15) is 0 Å². The van der Waals surface area contributed by atoms with Crippen molar-refractivity contribution in [3.8, 4) is 17.2 Å². The summed E-state index contributed by atoms with van der Waals surface area (Å²) in [5.74, 6) is 2.33. The van der Waals surface area contributed by atoms with Gasteiger partial charge < -0.3 is 18.6 Å². The molecule has 0 saturated carbocycles. The second-order valence-corrected chi connectivity index (χ2v) is 9.43. The van der Waals surface area contributed by atoms with Crippen LogP contribution in [0.4, 0.5) is 0 Å². The molecule has 0 saturated heterocycles. The van der Waals surface area contributed by atoms with Crippen molar-refractivity contribution in [2.75, 3.05) is 27.5 Å². The van der Waals surface area contributed by atoms with Crippen molar-refractivity contribution in [3.05, 3.63) is 98.4 Å². The highest BCUT2D eigenvalue weighted by Crippen LogP contribution is 2.34. The summed E-state index contributed by atoms with van der Waals surface area (Å²) >= 11 is 0. The monoisotopic (exact) mass is 486 g/mol. The average Bonchev–Trinajstić information content (AvgIpc) is 2.91. The predicted octanol–water partition coefficient (Wildman–Crippen LogP) is 4.00. The zero-order chi connectivity index (χ0) is 25.2. The van der Waals surface area contributed by atoms with E-state index in [0.717, 1.165) is 64.4 Å². The lowest BCUT2D eigenvalue weighted by Crippen LogP contribution is -3.12. The third-order valence-electron chi connectivity index (χ3n) is 7.13. The molecule has 1 atom stereocenters. The minimum Gasteiger partial charge on any atom is -0.493 e. The Kier molecular flexibility index (Phi) is 6.70. The number of quaternary nitrogens is 1. The number of methoxy groups -OCH3 is 2. The number of aryl methyl sites for hydroxylation is 2. The van der Waals surface area contributed by atoms with Gasteiger partial charge in [-0.1, -0.05) is 36.4 Å². The van der Waals surface area contributed by atoms with Gasteiger partial charge in [0, 0.05) is 34.9 Å². The Bertz CT molecular complexity index is 1460. The molecule has 1 unspecified atom stereocenters. The van der Waals surface area contributed by atoms with Crippen LogP contribution in [0.25, 0.3) is 11.0 Å². The van der Waals surface area contributed by atoms with Gasteiger partial charge in [0.15, 0.2) is 11.5 Å². The van der Waals surface area contributed by atoms with Crippen LogP contribution in [-0.2, 0) is 19.4 Å². The van der Waals surface area contributed by atoms with Crippen LogP contribution in [-0.4, -0.2) is 27.5 Å². The smallest absolute Gasteiger partial charge is 0.340 e. The molecular formula is C30H32NO5+. The SMILES string of the molecule is COc1ccc(CC[NH+]2COc3c(cc4c(C)c(Cc5ccccc5)c(=O)oc4c3C)C2)cc1OC. The van der Waals surface area contributed by atoms with E-state index in [2.05, 4.69) is 12.1 Å². The van der Waals surface area contributed by atoms with Gasteiger partial charge in [-0.05, 0) is 48.7 Å². The molecule has 1 aliphatic heterocycles. The van der Waals surface area contributed by atoms with E-state index in [9.17, 15) is 4.79 Å². The Morgan fingerprint density at radius 3 is 2.44 bits per heavy atom. The van der Waals surface area contributed by atoms with E-state index in [0.29, 0.717) is 24.3 Å². The highest BCUT2D eigenvalue weighted by Gasteiger charge is 2.26. The van der Waals surface area contributed by atoms with Crippen LogP contribution < -0.4 is 24.7 Å². The van der Waals surface area contributed by atoms with Crippen LogP contribution in [0.1, 0.15) is 33.4 Å². The Labute approximate surface area is 211 Å². The van der Waals surface area contributed by atoms with Gasteiger partial charge in [-0.25, -0.2) is 4.79 Å². The normalized spacial score (nSPS) is 14.8. The van der Waals surface area contributed by atoms with Crippen LogP contribution >= 0.6 is 0 Å². The molecule has 0 aliphatic carbocycles. The molecule has 0 spiro atoms. The van der Waals surface area contributed by atoms with E-state index >= 15 is 0 Å². The van der Waals surface area contributed by atoms with Crippen LogP contribution in [0.3, 0.4) is 0 Å². The fourth-order valence-corrected chi connectivity index (χ4v) is 5.08. The summed E-state index contributed by atoms with van der Waals surface area (Å²) in [7, 11) is 3.30. The summed E-state index contributed by atoms with van der Waals surface area (Å²) in [5, 5.41) is 0.988. The molecule has 2 heterocycles. The summed E-state index contributed by atoms with van der Waals surface area (Å²) < 4.78 is 22.9. The minimum absolute atomic E-state index is 0.273. The Balaban J connectivity index is 1.40. The Morgan fingerprint density at radius 1 is 0.917 bits per heavy atom. The molecule has 6 heteroatoms. The zero-order valence-electron chi connectivity index (χ0n) is 21.3. The maximum absolute atomic E-state index is 12.9. The van der Waals surface area contributed by atoms with E-state index in [1.54, 1.807) is 14.2 Å². The molecule has 36 heavy (non-hydrogen) atoms. The van der Waals surface area contributed by atoms with Gasteiger partial charge in [-0.15, -0.1) is 0 Å². The third kappa shape index (κ3) is 4.56. The first-order valence-electron chi connectivity index (χ1n) is 12.3. The highest BCUT2D eigenvalue weighted by atomic mass is 16.5. The van der Waals surface area contributed by atoms with Crippen molar-refractivity contribution >= 4 is 11.0 Å². The molecule has 4 aromatic rings. The van der Waals surface area contributed by atoms with Crippen molar-refractivity contribution in [3.63, 3.8) is 0 Å². The third-order valence-corrected chi connectivity index (χ3v) is 7.13. The number of hydrogen-bond donors (Lipinski definition) is 1. The molecule has 0 radical (unpaired) electrons. The lowest BCUT2D eigenvalue weighted by atomic mass is 9.96. The number of fused-ring (bicyclic) bond motifs is 2. The minimum atomic E-state index is -0.273. The highest BCUT2D eigenvalue weighted by molar-refractivity contribution is 5.87. The molecule has 3 aromatic carbocycles. The standard InChI is InChI=1S/C30H31NO5/c1-19-24-16-23-17-31(13-12-22-10-11-26(33-3)27(15-22)34-4)18-35-28(23)20(2)29(24)36-30(32)25(19)14-21-8-6-5-7-9-21/h5-11,15-16H,12-14,17-18H2,1-4H3/p+1. The van der Waals surface area contributed by atoms with E-state index in [1.165, 1.54) is 10.5 Å². The van der Waals surface area contributed by atoms with Crippen molar-refractivity contribution in [2.45, 2.75) is 33.2 Å². The van der Waals surface area contributed by atoms with E-state index < -0.39 is 0 Å². The Morgan fingerprint density at radius 2 is 1.69 bits per heavy atom. The van der Waals surface area contributed by atoms with Crippen molar-refractivity contribution < 1.29 is 23.5 Å². The fraction of sp³-hybridized carbons (Fsp3) is 0.300. The summed E-state index contributed by atoms with van der Waals surface area (Å²) in [4.78, 5) is 14.3. The van der Waals surface area contributed by atoms with Gasteiger partial charge in [-0.3, -0.25) is 4.90 Å². The lowest BCUT2D eigenvalue weighted by molar-refractivity contribution is -0.932. The number of hydrogen-bond acceptors (Lipinski definition) is 5. The summed E-state index contributed by atoms with van der Waals surface area (Å²) in [6, 6.07) is 18.3. The molecule has 1 N–H and O–H groups in total. The van der Waals surface area contributed by atoms with Crippen molar-refractivity contribution in [1.82, 2.24) is 0 Å². The first-order chi connectivity index (χ1) is 17.5. The van der Waals surface area contributed by atoms with Gasteiger partial charge in [0.25, 0.3) is 0 Å². The van der Waals surface area contributed by atoms with Crippen LogP contribution in [0.2, 0.25) is 0 Å². The first kappa shape index (κ1) is 23.9. The molecule has 6 nitrogen and oxygen atoms in total. The quantitative estimate of drug-likeness (QED) is 0.400. The van der Waals surface area contributed by atoms with Gasteiger partial charge in [0.05, 0.1) is 20.8 Å². The van der Waals surface area contributed by atoms with Crippen molar-refractivity contribution in [2.24, 2.45) is 0 Å². The number of nitrogens with one attached hydrogen (secondary N) is 1. The topological polar surface area (TPSA) is 62.3 Å². The van der Waals surface area contributed by atoms with Gasteiger partial charge >= 0.3 is 5.63 Å². The van der Waals surface area contributed by atoms with Gasteiger partial charge in [0.2, 0.25) is 6.73 Å². The molecule has 5 rings (SSSR count). The summed E-state index contributed by atoms with van der Waals surface area (Å²) in [6.07, 6.45) is 1.45. The Hall–Kier alpha value is -3.77. The average molecular weight is 487 g/mol. The molecule has 0 amide bonds. The maximum atomic E-state index is 12.9. The first-order valence-corrected chi connectivity index (χ1v) is 12.3. The summed E-state index contributed by atoms with van der Waals surface area (Å²) in [5.41, 5.74) is 6.38. The van der Waals surface area contributed by atoms with Crippen LogP contribution in [0.5, 0.6) is 17.2 Å². The van der Waals surface area contributed by atoms with E-state index in [1.807, 2.05) is 56.3 Å². The largest absolute Gasteiger partial charge is 0.493 e. The van der Waals surface area contributed by atoms with Crippen LogP contribution in [0, 0.1) is 13.8 Å². The molecule has 186 valence electrons. The van der Waals surface area contributed by atoms with E-state index in [-0.39, 0.29) is 5.63 Å².